The van der Waals surface area contributed by atoms with Crippen LogP contribution in [0.15, 0.2) is 54.7 Å². The number of nitrogens with zero attached hydrogens (tertiary/aromatic N) is 2. The van der Waals surface area contributed by atoms with Crippen molar-refractivity contribution in [2.75, 3.05) is 13.2 Å². The number of para-hydroxylation sites is 1. The maximum absolute atomic E-state index is 13.1. The number of aromatic nitrogens is 1. The third-order valence-corrected chi connectivity index (χ3v) is 6.12. The molecule has 0 radical (unpaired) electrons. The number of nitrogens with one attached hydrogen (secondary N) is 1. The van der Waals surface area contributed by atoms with Crippen LogP contribution in [0, 0.1) is 23.7 Å². The predicted molar refractivity (Wildman–Crippen MR) is 116 cm³/mol. The number of esters is 1. The van der Waals surface area contributed by atoms with Gasteiger partial charge in [-0.25, -0.2) is 4.79 Å². The lowest BCUT2D eigenvalue weighted by atomic mass is 9.66. The molecular weight excluding hydrogens is 451 g/mol. The smallest absolute Gasteiger partial charge is 0.422 e. The lowest BCUT2D eigenvalue weighted by Gasteiger charge is -2.35. The normalized spacial score (nSPS) is 22.1. The second-order valence-corrected chi connectivity index (χ2v) is 8.38. The average molecular weight is 473 g/mol. The number of ether oxygens (including phenoxy) is 2. The fraction of sp³-hybridized carbons (Fsp3) is 0.333. The number of halogens is 3. The molecule has 1 aliphatic heterocycles. The van der Waals surface area contributed by atoms with Gasteiger partial charge in [0.05, 0.1) is 29.3 Å². The lowest BCUT2D eigenvalue weighted by Crippen LogP contribution is -2.46. The summed E-state index contributed by atoms with van der Waals surface area (Å²) in [7, 11) is 0. The molecule has 2 heterocycles. The summed E-state index contributed by atoms with van der Waals surface area (Å²) in [5, 5.41) is 8.48. The van der Waals surface area contributed by atoms with Crippen LogP contribution in [0.25, 0.3) is 0 Å². The number of likely N-dealkylation sites (tertiary alicyclic amines) is 1. The van der Waals surface area contributed by atoms with Crippen LogP contribution in [0.2, 0.25) is 0 Å². The van der Waals surface area contributed by atoms with Crippen molar-refractivity contribution in [3.8, 4) is 11.5 Å². The van der Waals surface area contributed by atoms with Crippen LogP contribution in [0.1, 0.15) is 24.2 Å². The van der Waals surface area contributed by atoms with E-state index in [1.165, 1.54) is 11.1 Å². The van der Waals surface area contributed by atoms with E-state index in [1.54, 1.807) is 62.4 Å². The van der Waals surface area contributed by atoms with Crippen LogP contribution in [0.4, 0.5) is 13.2 Å². The maximum atomic E-state index is 13.1. The van der Waals surface area contributed by atoms with Gasteiger partial charge in [0.2, 0.25) is 5.91 Å². The van der Waals surface area contributed by atoms with Crippen LogP contribution in [0.3, 0.4) is 0 Å². The van der Waals surface area contributed by atoms with Gasteiger partial charge in [0.1, 0.15) is 17.2 Å². The van der Waals surface area contributed by atoms with E-state index in [0.717, 1.165) is 0 Å². The summed E-state index contributed by atoms with van der Waals surface area (Å²) in [6.45, 7) is 1.99. The van der Waals surface area contributed by atoms with Gasteiger partial charge in [-0.3, -0.25) is 15.2 Å². The number of alkyl halides is 3. The summed E-state index contributed by atoms with van der Waals surface area (Å²) >= 11 is 0. The van der Waals surface area contributed by atoms with E-state index in [0.29, 0.717) is 17.0 Å². The van der Waals surface area contributed by atoms with Gasteiger partial charge in [0.15, 0.2) is 6.61 Å². The number of hydrogen-bond acceptors (Lipinski definition) is 6. The summed E-state index contributed by atoms with van der Waals surface area (Å²) in [5.41, 5.74) is -0.503. The zero-order chi connectivity index (χ0) is 24.7. The van der Waals surface area contributed by atoms with E-state index in [2.05, 4.69) is 4.98 Å². The standard InChI is InChI=1S/C24H22F3N3O4/c1-14-10-18(29-11-19(14)33-13-24(25,26)27)15(2)30-12-23(9-8-17(23)21(30)31)20(28)22(32)34-16-6-4-3-5-7-16/h3-11,15,17,28H,12-13H2,1-2H3. The van der Waals surface area contributed by atoms with Crippen molar-refractivity contribution in [2.24, 2.45) is 11.3 Å². The van der Waals surface area contributed by atoms with Crippen LogP contribution < -0.4 is 9.47 Å². The molecule has 4 rings (SSSR count). The molecule has 7 nitrogen and oxygen atoms in total. The number of amides is 1. The Kier molecular flexibility index (Phi) is 5.93. The number of rotatable bonds is 7. The van der Waals surface area contributed by atoms with E-state index >= 15 is 0 Å². The quantitative estimate of drug-likeness (QED) is 0.284. The third-order valence-electron chi connectivity index (χ3n) is 6.12. The molecule has 2 aromatic rings. The number of hydrogen-bond donors (Lipinski definition) is 1. The number of benzene rings is 1. The Labute approximate surface area is 193 Å². The lowest BCUT2D eigenvalue weighted by molar-refractivity contribution is -0.153. The van der Waals surface area contributed by atoms with E-state index < -0.39 is 36.1 Å². The Morgan fingerprint density at radius 1 is 1.32 bits per heavy atom. The van der Waals surface area contributed by atoms with Crippen LogP contribution >= 0.6 is 0 Å². The average Bonchev–Trinajstić information content (AvgIpc) is 2.97. The summed E-state index contributed by atoms with van der Waals surface area (Å²) in [6, 6.07) is 9.40. The summed E-state index contributed by atoms with van der Waals surface area (Å²) < 4.78 is 47.4. The van der Waals surface area contributed by atoms with Crippen molar-refractivity contribution < 1.29 is 32.2 Å². The fourth-order valence-corrected chi connectivity index (χ4v) is 4.16. The van der Waals surface area contributed by atoms with Gasteiger partial charge in [0, 0.05) is 6.54 Å². The fourth-order valence-electron chi connectivity index (χ4n) is 4.16. The zero-order valence-corrected chi connectivity index (χ0v) is 18.4. The Bertz CT molecular complexity index is 1170. The van der Waals surface area contributed by atoms with Gasteiger partial charge >= 0.3 is 12.1 Å². The molecule has 3 unspecified atom stereocenters. The first-order chi connectivity index (χ1) is 16.0. The molecule has 1 saturated heterocycles. The minimum atomic E-state index is -4.47. The molecule has 1 fully saturated rings. The van der Waals surface area contributed by atoms with Gasteiger partial charge in [-0.05, 0) is 37.6 Å². The number of carbonyl (C=O) groups is 2. The first kappa shape index (κ1) is 23.5. The molecular formula is C24H22F3N3O4. The third kappa shape index (κ3) is 4.27. The van der Waals surface area contributed by atoms with Crippen molar-refractivity contribution in [1.82, 2.24) is 9.88 Å². The summed E-state index contributed by atoms with van der Waals surface area (Å²) in [5.74, 6) is -1.45. The molecule has 0 spiro atoms. The van der Waals surface area contributed by atoms with E-state index in [-0.39, 0.29) is 23.9 Å². The topological polar surface area (TPSA) is 92.6 Å². The molecule has 10 heteroatoms. The molecule has 3 atom stereocenters. The molecule has 1 N–H and O–H groups in total. The molecule has 1 aromatic heterocycles. The molecule has 1 aromatic carbocycles. The molecule has 0 bridgehead atoms. The predicted octanol–water partition coefficient (Wildman–Crippen LogP) is 4.03. The number of carbonyl (C=O) groups excluding carboxylic acids is 2. The van der Waals surface area contributed by atoms with Gasteiger partial charge in [-0.2, -0.15) is 13.2 Å². The second-order valence-electron chi connectivity index (χ2n) is 8.38. The highest BCUT2D eigenvalue weighted by atomic mass is 19.4. The summed E-state index contributed by atoms with van der Waals surface area (Å²) in [4.78, 5) is 31.4. The van der Waals surface area contributed by atoms with Crippen molar-refractivity contribution in [1.29, 1.82) is 5.41 Å². The van der Waals surface area contributed by atoms with E-state index in [1.807, 2.05) is 0 Å². The number of fused-ring (bicyclic) bond motifs is 1. The SMILES string of the molecule is Cc1cc(C(C)N2CC3(C(=N)C(=O)Oc4ccccc4)C=CC3C2=O)ncc1OCC(F)(F)F. The monoisotopic (exact) mass is 473 g/mol. The van der Waals surface area contributed by atoms with Crippen LogP contribution in [-0.4, -0.2) is 46.8 Å². The molecule has 178 valence electrons. The molecule has 2 aliphatic rings. The highest BCUT2D eigenvalue weighted by molar-refractivity contribution is 6.39. The van der Waals surface area contributed by atoms with Crippen molar-refractivity contribution in [3.63, 3.8) is 0 Å². The van der Waals surface area contributed by atoms with Crippen LogP contribution in [-0.2, 0) is 9.59 Å². The van der Waals surface area contributed by atoms with Gasteiger partial charge in [-0.15, -0.1) is 0 Å². The molecule has 1 aliphatic carbocycles. The van der Waals surface area contributed by atoms with Gasteiger partial charge < -0.3 is 14.4 Å². The van der Waals surface area contributed by atoms with Gasteiger partial charge in [-0.1, -0.05) is 30.4 Å². The minimum Gasteiger partial charge on any atom is -0.482 e. The number of aryl methyl sites for hydroxylation is 1. The zero-order valence-electron chi connectivity index (χ0n) is 18.4. The van der Waals surface area contributed by atoms with Crippen molar-refractivity contribution >= 4 is 17.6 Å². The summed E-state index contributed by atoms with van der Waals surface area (Å²) in [6.07, 6.45) is 0.0677. The Morgan fingerprint density at radius 3 is 2.62 bits per heavy atom. The van der Waals surface area contributed by atoms with Crippen molar-refractivity contribution in [3.05, 3.63) is 66.0 Å². The van der Waals surface area contributed by atoms with E-state index in [9.17, 15) is 22.8 Å². The molecule has 1 amide bonds. The highest BCUT2D eigenvalue weighted by Crippen LogP contribution is 2.49. The molecule has 0 saturated carbocycles. The maximum Gasteiger partial charge on any atom is 0.422 e. The minimum absolute atomic E-state index is 0.00432. The highest BCUT2D eigenvalue weighted by Gasteiger charge is 2.59. The second kappa shape index (κ2) is 8.58. The molecule has 34 heavy (non-hydrogen) atoms. The number of pyridine rings is 1. The Balaban J connectivity index is 1.49. The first-order valence-corrected chi connectivity index (χ1v) is 10.5. The van der Waals surface area contributed by atoms with Gasteiger partial charge in [0.25, 0.3) is 0 Å². The Hall–Kier alpha value is -3.69. The van der Waals surface area contributed by atoms with Crippen molar-refractivity contribution in [2.45, 2.75) is 26.1 Å². The van der Waals surface area contributed by atoms with E-state index in [4.69, 9.17) is 14.9 Å². The van der Waals surface area contributed by atoms with Crippen LogP contribution in [0.5, 0.6) is 11.5 Å². The largest absolute Gasteiger partial charge is 0.482 e. The Morgan fingerprint density at radius 2 is 2.03 bits per heavy atom. The first-order valence-electron chi connectivity index (χ1n) is 10.5.